The molecule has 0 aliphatic rings. The summed E-state index contributed by atoms with van der Waals surface area (Å²) in [7, 11) is 0. The molecule has 0 aliphatic heterocycles. The van der Waals surface area contributed by atoms with Gasteiger partial charge in [-0.05, 0) is 19.1 Å². The number of nitrogens with zero attached hydrogens (tertiary/aromatic N) is 2. The molecule has 1 aromatic carbocycles. The molecule has 0 spiro atoms. The van der Waals surface area contributed by atoms with Gasteiger partial charge in [0.05, 0.1) is 28.5 Å². The second kappa shape index (κ2) is 5.79. The number of nitro groups is 1. The van der Waals surface area contributed by atoms with Crippen LogP contribution in [0, 0.1) is 17.0 Å². The highest BCUT2D eigenvalue weighted by atomic mass is 16.6. The number of para-hydroxylation sites is 1. The minimum Gasteiger partial charge on any atom is -0.469 e. The Morgan fingerprint density at radius 2 is 2.15 bits per heavy atom. The van der Waals surface area contributed by atoms with Crippen molar-refractivity contribution in [1.29, 1.82) is 0 Å². The number of aryl methyl sites for hydroxylation is 1. The Morgan fingerprint density at radius 3 is 2.80 bits per heavy atom. The van der Waals surface area contributed by atoms with E-state index >= 15 is 0 Å². The average molecular weight is 273 g/mol. The molecule has 0 saturated heterocycles. The third-order valence-corrected chi connectivity index (χ3v) is 2.61. The Balaban J connectivity index is 2.10. The molecule has 7 nitrogen and oxygen atoms in total. The fourth-order valence-electron chi connectivity index (χ4n) is 1.60. The van der Waals surface area contributed by atoms with Crippen LogP contribution in [0.25, 0.3) is 0 Å². The molecule has 0 aliphatic carbocycles. The van der Waals surface area contributed by atoms with Crippen molar-refractivity contribution < 1.29 is 14.1 Å². The summed E-state index contributed by atoms with van der Waals surface area (Å²) in [6.07, 6.45) is 2.63. The fourth-order valence-corrected chi connectivity index (χ4v) is 1.60. The highest BCUT2D eigenvalue weighted by molar-refractivity contribution is 5.96. The third-order valence-electron chi connectivity index (χ3n) is 2.61. The Labute approximate surface area is 114 Å². The molecule has 1 heterocycles. The zero-order valence-electron chi connectivity index (χ0n) is 10.6. The van der Waals surface area contributed by atoms with Gasteiger partial charge in [0.2, 0.25) is 0 Å². The number of furan rings is 1. The second-order valence-electron chi connectivity index (χ2n) is 3.91. The zero-order valence-corrected chi connectivity index (χ0v) is 10.6. The lowest BCUT2D eigenvalue weighted by Gasteiger charge is -1.98. The molecule has 0 bridgehead atoms. The first kappa shape index (κ1) is 13.5. The van der Waals surface area contributed by atoms with Crippen molar-refractivity contribution in [2.75, 3.05) is 0 Å². The van der Waals surface area contributed by atoms with E-state index in [1.165, 1.54) is 30.7 Å². The van der Waals surface area contributed by atoms with Crippen LogP contribution in [0.4, 0.5) is 5.69 Å². The monoisotopic (exact) mass is 273 g/mol. The molecule has 7 heteroatoms. The quantitative estimate of drug-likeness (QED) is 0.524. The molecule has 1 N–H and O–H groups in total. The molecule has 0 radical (unpaired) electrons. The van der Waals surface area contributed by atoms with Crippen LogP contribution in [-0.4, -0.2) is 17.0 Å². The molecule has 2 rings (SSSR count). The van der Waals surface area contributed by atoms with Gasteiger partial charge in [-0.15, -0.1) is 0 Å². The van der Waals surface area contributed by atoms with Gasteiger partial charge < -0.3 is 4.42 Å². The van der Waals surface area contributed by atoms with Crippen molar-refractivity contribution in [3.63, 3.8) is 0 Å². The number of hydrazone groups is 1. The maximum absolute atomic E-state index is 11.7. The number of nitro benzene ring substituents is 1. The molecule has 0 unspecified atom stereocenters. The van der Waals surface area contributed by atoms with Gasteiger partial charge in [-0.1, -0.05) is 12.1 Å². The van der Waals surface area contributed by atoms with E-state index in [0.29, 0.717) is 16.9 Å². The van der Waals surface area contributed by atoms with E-state index in [1.807, 2.05) is 0 Å². The number of benzene rings is 1. The molecule has 0 saturated carbocycles. The Morgan fingerprint density at radius 1 is 1.40 bits per heavy atom. The van der Waals surface area contributed by atoms with Gasteiger partial charge in [-0.3, -0.25) is 14.9 Å². The lowest BCUT2D eigenvalue weighted by Crippen LogP contribution is -2.17. The Bertz CT molecular complexity index is 676. The van der Waals surface area contributed by atoms with Crippen molar-refractivity contribution >= 4 is 17.8 Å². The van der Waals surface area contributed by atoms with Gasteiger partial charge in [0.15, 0.2) is 0 Å². The number of amides is 1. The molecule has 0 fully saturated rings. The number of carbonyl (C=O) groups excluding carboxylic acids is 1. The minimum absolute atomic E-state index is 0.0787. The van der Waals surface area contributed by atoms with Crippen LogP contribution in [0.1, 0.15) is 21.7 Å². The van der Waals surface area contributed by atoms with E-state index < -0.39 is 10.8 Å². The summed E-state index contributed by atoms with van der Waals surface area (Å²) in [5, 5.41) is 14.5. The average Bonchev–Trinajstić information content (AvgIpc) is 2.85. The van der Waals surface area contributed by atoms with Crippen molar-refractivity contribution in [1.82, 2.24) is 5.43 Å². The summed E-state index contributed by atoms with van der Waals surface area (Å²) in [5.74, 6) is 0.0366. The second-order valence-corrected chi connectivity index (χ2v) is 3.91. The minimum atomic E-state index is -0.511. The van der Waals surface area contributed by atoms with Crippen molar-refractivity contribution in [3.05, 3.63) is 63.6 Å². The van der Waals surface area contributed by atoms with Crippen LogP contribution in [0.3, 0.4) is 0 Å². The zero-order chi connectivity index (χ0) is 14.5. The van der Waals surface area contributed by atoms with Crippen LogP contribution in [0.2, 0.25) is 0 Å². The highest BCUT2D eigenvalue weighted by Crippen LogP contribution is 2.15. The predicted octanol–water partition coefficient (Wildman–Crippen LogP) is 2.26. The number of carbonyl (C=O) groups is 1. The van der Waals surface area contributed by atoms with Crippen LogP contribution >= 0.6 is 0 Å². The Hall–Kier alpha value is -2.96. The number of rotatable bonds is 4. The molecule has 102 valence electrons. The van der Waals surface area contributed by atoms with Gasteiger partial charge in [0.25, 0.3) is 11.6 Å². The van der Waals surface area contributed by atoms with Gasteiger partial charge in [-0.25, -0.2) is 5.43 Å². The normalized spacial score (nSPS) is 10.7. The summed E-state index contributed by atoms with van der Waals surface area (Å²) >= 11 is 0. The maximum Gasteiger partial charge on any atom is 0.278 e. The van der Waals surface area contributed by atoms with Gasteiger partial charge in [0, 0.05) is 6.07 Å². The van der Waals surface area contributed by atoms with E-state index in [-0.39, 0.29) is 5.69 Å². The first-order valence-electron chi connectivity index (χ1n) is 5.70. The van der Waals surface area contributed by atoms with Crippen molar-refractivity contribution in [3.8, 4) is 0 Å². The van der Waals surface area contributed by atoms with E-state index in [0.717, 1.165) is 0 Å². The van der Waals surface area contributed by atoms with Crippen LogP contribution in [0.5, 0.6) is 0 Å². The van der Waals surface area contributed by atoms with Gasteiger partial charge in [0.1, 0.15) is 5.76 Å². The van der Waals surface area contributed by atoms with E-state index in [1.54, 1.807) is 19.1 Å². The molecule has 20 heavy (non-hydrogen) atoms. The lowest BCUT2D eigenvalue weighted by atomic mass is 10.2. The summed E-state index contributed by atoms with van der Waals surface area (Å²) in [6, 6.07) is 7.63. The standard InChI is InChI=1S/C13H11N3O4/c1-9-11(6-7-20-9)13(17)15-14-8-10-4-2-3-5-12(10)16(18)19/h2-8H,1H3,(H,15,17)/b14-8-. The van der Waals surface area contributed by atoms with Crippen molar-refractivity contribution in [2.24, 2.45) is 5.10 Å². The maximum atomic E-state index is 11.7. The molecule has 0 atom stereocenters. The summed E-state index contributed by atoms with van der Waals surface area (Å²) in [4.78, 5) is 22.0. The topological polar surface area (TPSA) is 97.7 Å². The first-order valence-corrected chi connectivity index (χ1v) is 5.70. The largest absolute Gasteiger partial charge is 0.469 e. The fraction of sp³-hybridized carbons (Fsp3) is 0.0769. The molecule has 2 aromatic rings. The lowest BCUT2D eigenvalue weighted by molar-refractivity contribution is -0.385. The summed E-state index contributed by atoms with van der Waals surface area (Å²) in [5.41, 5.74) is 2.88. The molecular weight excluding hydrogens is 262 g/mol. The van der Waals surface area contributed by atoms with Gasteiger partial charge in [-0.2, -0.15) is 5.10 Å². The van der Waals surface area contributed by atoms with E-state index in [9.17, 15) is 14.9 Å². The highest BCUT2D eigenvalue weighted by Gasteiger charge is 2.12. The van der Waals surface area contributed by atoms with Crippen molar-refractivity contribution in [2.45, 2.75) is 6.92 Å². The molecule has 1 aromatic heterocycles. The smallest absolute Gasteiger partial charge is 0.278 e. The summed E-state index contributed by atoms with van der Waals surface area (Å²) < 4.78 is 5.00. The summed E-state index contributed by atoms with van der Waals surface area (Å²) in [6.45, 7) is 1.65. The number of hydrogen-bond donors (Lipinski definition) is 1. The molecule has 1 amide bonds. The van der Waals surface area contributed by atoms with E-state index in [4.69, 9.17) is 4.42 Å². The molecular formula is C13H11N3O4. The number of hydrogen-bond acceptors (Lipinski definition) is 5. The van der Waals surface area contributed by atoms with Gasteiger partial charge >= 0.3 is 0 Å². The van der Waals surface area contributed by atoms with Crippen LogP contribution in [-0.2, 0) is 0 Å². The Kier molecular flexibility index (Phi) is 3.90. The predicted molar refractivity (Wildman–Crippen MR) is 71.6 cm³/mol. The third kappa shape index (κ3) is 2.89. The van der Waals surface area contributed by atoms with Crippen LogP contribution < -0.4 is 5.43 Å². The first-order chi connectivity index (χ1) is 9.59. The van der Waals surface area contributed by atoms with E-state index in [2.05, 4.69) is 10.5 Å². The number of nitrogens with one attached hydrogen (secondary N) is 1. The van der Waals surface area contributed by atoms with Crippen LogP contribution in [0.15, 0.2) is 46.1 Å². The SMILES string of the molecule is Cc1occc1C(=O)N/N=C\c1ccccc1[N+](=O)[O-].